The van der Waals surface area contributed by atoms with Crippen LogP contribution in [0.25, 0.3) is 0 Å². The quantitative estimate of drug-likeness (QED) is 0.443. The summed E-state index contributed by atoms with van der Waals surface area (Å²) in [5.74, 6) is 0.562. The molecule has 0 saturated carbocycles. The van der Waals surface area contributed by atoms with E-state index in [0.29, 0.717) is 24.3 Å². The largest absolute Gasteiger partial charge is 0.502 e. The van der Waals surface area contributed by atoms with Crippen molar-refractivity contribution in [1.29, 1.82) is 0 Å². The van der Waals surface area contributed by atoms with E-state index in [1.54, 1.807) is 18.2 Å². The predicted molar refractivity (Wildman–Crippen MR) is 98.4 cm³/mol. The Balaban J connectivity index is 2.48. The number of ketones is 1. The van der Waals surface area contributed by atoms with E-state index in [-0.39, 0.29) is 18.0 Å². The number of aliphatic hydroxyl groups is 1. The van der Waals surface area contributed by atoms with Crippen molar-refractivity contribution in [2.24, 2.45) is 0 Å². The lowest BCUT2D eigenvalue weighted by atomic mass is 10.0. The van der Waals surface area contributed by atoms with Crippen LogP contribution in [0.4, 0.5) is 0 Å². The SMILES string of the molecule is CCCCCC=CC(=O)CC(O)CCc1cc(OC)c(O)c(OC)c1. The van der Waals surface area contributed by atoms with Gasteiger partial charge in [-0.1, -0.05) is 25.8 Å². The van der Waals surface area contributed by atoms with Gasteiger partial charge >= 0.3 is 0 Å². The molecular formula is C20H30O5. The van der Waals surface area contributed by atoms with Gasteiger partial charge in [-0.15, -0.1) is 0 Å². The van der Waals surface area contributed by atoms with Crippen LogP contribution in [-0.4, -0.2) is 36.3 Å². The molecule has 1 aromatic carbocycles. The van der Waals surface area contributed by atoms with Gasteiger partial charge in [0.1, 0.15) is 0 Å². The molecular weight excluding hydrogens is 320 g/mol. The highest BCUT2D eigenvalue weighted by atomic mass is 16.5. The summed E-state index contributed by atoms with van der Waals surface area (Å²) in [5, 5.41) is 20.0. The number of hydrogen-bond acceptors (Lipinski definition) is 5. The second-order valence-electron chi connectivity index (χ2n) is 6.11. The fraction of sp³-hybridized carbons (Fsp3) is 0.550. The highest BCUT2D eigenvalue weighted by molar-refractivity contribution is 5.89. The van der Waals surface area contributed by atoms with E-state index in [0.717, 1.165) is 24.8 Å². The Morgan fingerprint density at radius 1 is 1.20 bits per heavy atom. The van der Waals surface area contributed by atoms with Gasteiger partial charge in [-0.2, -0.15) is 0 Å². The maximum atomic E-state index is 11.8. The van der Waals surface area contributed by atoms with Gasteiger partial charge in [0.25, 0.3) is 0 Å². The Bertz CT molecular complexity index is 540. The lowest BCUT2D eigenvalue weighted by molar-refractivity contribution is -0.116. The molecule has 0 radical (unpaired) electrons. The average Bonchev–Trinajstić information content (AvgIpc) is 2.60. The maximum Gasteiger partial charge on any atom is 0.200 e. The van der Waals surface area contributed by atoms with Crippen LogP contribution < -0.4 is 9.47 Å². The minimum absolute atomic E-state index is 0.0438. The first kappa shape index (κ1) is 21.0. The summed E-state index contributed by atoms with van der Waals surface area (Å²) in [6, 6.07) is 3.42. The second kappa shape index (κ2) is 11.5. The third kappa shape index (κ3) is 7.61. The summed E-state index contributed by atoms with van der Waals surface area (Å²) in [5.41, 5.74) is 0.869. The van der Waals surface area contributed by atoms with Gasteiger partial charge in [0, 0.05) is 6.42 Å². The van der Waals surface area contributed by atoms with E-state index in [9.17, 15) is 15.0 Å². The molecule has 0 heterocycles. The number of unbranched alkanes of at least 4 members (excludes halogenated alkanes) is 3. The van der Waals surface area contributed by atoms with Crippen molar-refractivity contribution in [2.75, 3.05) is 14.2 Å². The van der Waals surface area contributed by atoms with E-state index in [1.165, 1.54) is 20.6 Å². The first-order chi connectivity index (χ1) is 12.0. The summed E-state index contributed by atoms with van der Waals surface area (Å²) < 4.78 is 10.2. The van der Waals surface area contributed by atoms with Gasteiger partial charge in [0.2, 0.25) is 5.75 Å². The molecule has 0 amide bonds. The van der Waals surface area contributed by atoms with Gasteiger partial charge in [0.05, 0.1) is 20.3 Å². The van der Waals surface area contributed by atoms with E-state index < -0.39 is 6.10 Å². The number of aryl methyl sites for hydroxylation is 1. The van der Waals surface area contributed by atoms with Gasteiger partial charge < -0.3 is 19.7 Å². The average molecular weight is 350 g/mol. The van der Waals surface area contributed by atoms with Crippen LogP contribution in [0.3, 0.4) is 0 Å². The molecule has 0 aliphatic heterocycles. The molecule has 1 atom stereocenters. The van der Waals surface area contributed by atoms with Crippen molar-refractivity contribution in [3.05, 3.63) is 29.8 Å². The predicted octanol–water partition coefficient (Wildman–Crippen LogP) is 3.80. The summed E-state index contributed by atoms with van der Waals surface area (Å²) in [7, 11) is 2.94. The number of benzene rings is 1. The normalized spacial score (nSPS) is 12.3. The van der Waals surface area contributed by atoms with Crippen molar-refractivity contribution in [3.63, 3.8) is 0 Å². The number of phenolic OH excluding ortho intramolecular Hbond substituents is 1. The highest BCUT2D eigenvalue weighted by Crippen LogP contribution is 2.37. The maximum absolute atomic E-state index is 11.8. The van der Waals surface area contributed by atoms with Crippen molar-refractivity contribution in [2.45, 2.75) is 58.0 Å². The first-order valence-electron chi connectivity index (χ1n) is 8.83. The smallest absolute Gasteiger partial charge is 0.200 e. The van der Waals surface area contributed by atoms with Crippen molar-refractivity contribution in [1.82, 2.24) is 0 Å². The summed E-state index contributed by atoms with van der Waals surface area (Å²) >= 11 is 0. The van der Waals surface area contributed by atoms with Crippen molar-refractivity contribution < 1.29 is 24.5 Å². The van der Waals surface area contributed by atoms with Crippen LogP contribution in [0.15, 0.2) is 24.3 Å². The molecule has 25 heavy (non-hydrogen) atoms. The topological polar surface area (TPSA) is 76.0 Å². The van der Waals surface area contributed by atoms with Gasteiger partial charge in [-0.05, 0) is 49.5 Å². The van der Waals surface area contributed by atoms with Gasteiger partial charge in [0.15, 0.2) is 17.3 Å². The minimum Gasteiger partial charge on any atom is -0.502 e. The summed E-state index contributed by atoms with van der Waals surface area (Å²) in [4.78, 5) is 11.8. The van der Waals surface area contributed by atoms with E-state index in [4.69, 9.17) is 9.47 Å². The number of methoxy groups -OCH3 is 2. The number of carbonyl (C=O) groups is 1. The molecule has 5 nitrogen and oxygen atoms in total. The third-order valence-corrected chi connectivity index (χ3v) is 4.02. The Kier molecular flexibility index (Phi) is 9.70. The lowest BCUT2D eigenvalue weighted by Crippen LogP contribution is -2.13. The molecule has 0 bridgehead atoms. The van der Waals surface area contributed by atoms with E-state index in [1.807, 2.05) is 6.08 Å². The number of hydrogen-bond donors (Lipinski definition) is 2. The zero-order valence-electron chi connectivity index (χ0n) is 15.5. The summed E-state index contributed by atoms with van der Waals surface area (Å²) in [6.45, 7) is 2.14. The molecule has 5 heteroatoms. The molecule has 0 spiro atoms. The molecule has 0 fully saturated rings. The molecule has 0 aromatic heterocycles. The zero-order chi connectivity index (χ0) is 18.7. The number of rotatable bonds is 12. The van der Waals surface area contributed by atoms with Crippen LogP contribution in [0.5, 0.6) is 17.2 Å². The second-order valence-corrected chi connectivity index (χ2v) is 6.11. The Morgan fingerprint density at radius 3 is 2.40 bits per heavy atom. The Morgan fingerprint density at radius 2 is 1.84 bits per heavy atom. The van der Waals surface area contributed by atoms with Gasteiger partial charge in [-0.25, -0.2) is 0 Å². The number of carbonyl (C=O) groups excluding carboxylic acids is 1. The van der Waals surface area contributed by atoms with Gasteiger partial charge in [-0.3, -0.25) is 4.79 Å². The highest BCUT2D eigenvalue weighted by Gasteiger charge is 2.13. The standard InChI is InChI=1S/C20H30O5/c1-4-5-6-7-8-9-16(21)14-17(22)11-10-15-12-18(24-2)20(23)19(13-15)25-3/h8-9,12-13,17,22-23H,4-7,10-11,14H2,1-3H3. The minimum atomic E-state index is -0.696. The molecule has 0 aliphatic rings. The van der Waals surface area contributed by atoms with Crippen LogP contribution in [0, 0.1) is 0 Å². The van der Waals surface area contributed by atoms with Crippen LogP contribution in [0.1, 0.15) is 51.0 Å². The number of allylic oxidation sites excluding steroid dienone is 2. The van der Waals surface area contributed by atoms with E-state index in [2.05, 4.69) is 6.92 Å². The van der Waals surface area contributed by atoms with Crippen molar-refractivity contribution >= 4 is 5.78 Å². The third-order valence-electron chi connectivity index (χ3n) is 4.02. The molecule has 0 aliphatic carbocycles. The monoisotopic (exact) mass is 350 g/mol. The summed E-state index contributed by atoms with van der Waals surface area (Å²) in [6.07, 6.45) is 8.22. The molecule has 1 aromatic rings. The van der Waals surface area contributed by atoms with Crippen LogP contribution in [0.2, 0.25) is 0 Å². The molecule has 0 saturated heterocycles. The zero-order valence-corrected chi connectivity index (χ0v) is 15.5. The fourth-order valence-electron chi connectivity index (χ4n) is 2.55. The first-order valence-corrected chi connectivity index (χ1v) is 8.83. The van der Waals surface area contributed by atoms with E-state index >= 15 is 0 Å². The number of aromatic hydroxyl groups is 1. The molecule has 140 valence electrons. The fourth-order valence-corrected chi connectivity index (χ4v) is 2.55. The number of ether oxygens (including phenoxy) is 2. The molecule has 1 rings (SSSR count). The number of phenols is 1. The van der Waals surface area contributed by atoms with Crippen LogP contribution >= 0.6 is 0 Å². The molecule has 1 unspecified atom stereocenters. The Labute approximate surface area is 150 Å². The van der Waals surface area contributed by atoms with Crippen LogP contribution in [-0.2, 0) is 11.2 Å². The lowest BCUT2D eigenvalue weighted by Gasteiger charge is -2.13. The molecule has 2 N–H and O–H groups in total. The van der Waals surface area contributed by atoms with Crippen molar-refractivity contribution in [3.8, 4) is 17.2 Å². The number of aliphatic hydroxyl groups excluding tert-OH is 1. The Hall–Kier alpha value is -2.01.